The van der Waals surface area contributed by atoms with Gasteiger partial charge in [-0.25, -0.2) is 0 Å². The molecule has 0 saturated heterocycles. The first kappa shape index (κ1) is 17.5. The number of amides is 1. The highest BCUT2D eigenvalue weighted by Gasteiger charge is 2.18. The molecule has 0 saturated carbocycles. The van der Waals surface area contributed by atoms with Crippen molar-refractivity contribution in [3.8, 4) is 5.75 Å². The molecule has 118 valence electrons. The van der Waals surface area contributed by atoms with Crippen LogP contribution in [0.3, 0.4) is 0 Å². The van der Waals surface area contributed by atoms with E-state index in [2.05, 4.69) is 19.2 Å². The summed E-state index contributed by atoms with van der Waals surface area (Å²) in [5.41, 5.74) is 1.75. The Balaban J connectivity index is 2.70. The lowest BCUT2D eigenvalue weighted by atomic mass is 10.1. The van der Waals surface area contributed by atoms with Gasteiger partial charge in [-0.15, -0.1) is 0 Å². The van der Waals surface area contributed by atoms with Gasteiger partial charge < -0.3 is 15.2 Å². The lowest BCUT2D eigenvalue weighted by molar-refractivity contribution is -0.128. The van der Waals surface area contributed by atoms with Gasteiger partial charge in [0.2, 0.25) is 0 Å². The zero-order chi connectivity index (χ0) is 16.0. The maximum Gasteiger partial charge on any atom is 0.260 e. The minimum Gasteiger partial charge on any atom is -0.481 e. The number of hydrogen-bond acceptors (Lipinski definition) is 3. The Kier molecular flexibility index (Phi) is 6.69. The number of benzene rings is 1. The van der Waals surface area contributed by atoms with Gasteiger partial charge in [-0.05, 0) is 56.9 Å². The third kappa shape index (κ3) is 5.05. The fourth-order valence-corrected chi connectivity index (χ4v) is 2.12. The molecule has 1 rings (SSSR count). The number of aliphatic hydroxyl groups is 1. The maximum absolute atomic E-state index is 12.1. The average molecular weight is 293 g/mol. The molecule has 0 bridgehead atoms. The molecule has 4 nitrogen and oxygen atoms in total. The molecular weight excluding hydrogens is 266 g/mol. The van der Waals surface area contributed by atoms with E-state index in [1.807, 2.05) is 19.1 Å². The number of nitrogens with one attached hydrogen (secondary N) is 1. The van der Waals surface area contributed by atoms with E-state index in [9.17, 15) is 9.90 Å². The standard InChI is InChI=1S/C17H27NO3/c1-6-15(7-2)18-17(20)13(5)21-16-9-8-14(12(4)19)10-11(16)3/h8-10,12-13,15,19H,6-7H2,1-5H3,(H,18,20)/t12-,13?/m0/s1. The van der Waals surface area contributed by atoms with E-state index in [1.54, 1.807) is 19.9 Å². The molecule has 1 unspecified atom stereocenters. The second kappa shape index (κ2) is 8.03. The number of carbonyl (C=O) groups is 1. The second-order valence-electron chi connectivity index (χ2n) is 5.48. The van der Waals surface area contributed by atoms with Gasteiger partial charge in [0.15, 0.2) is 6.10 Å². The topological polar surface area (TPSA) is 58.6 Å². The van der Waals surface area contributed by atoms with Crippen molar-refractivity contribution in [3.05, 3.63) is 29.3 Å². The molecule has 2 atom stereocenters. The van der Waals surface area contributed by atoms with Crippen LogP contribution >= 0.6 is 0 Å². The minimum atomic E-state index is -0.540. The van der Waals surface area contributed by atoms with E-state index in [1.165, 1.54) is 0 Å². The summed E-state index contributed by atoms with van der Waals surface area (Å²) in [4.78, 5) is 12.1. The van der Waals surface area contributed by atoms with E-state index in [0.29, 0.717) is 5.75 Å². The Bertz CT molecular complexity index is 467. The van der Waals surface area contributed by atoms with Crippen LogP contribution in [0.2, 0.25) is 0 Å². The van der Waals surface area contributed by atoms with Crippen molar-refractivity contribution in [1.82, 2.24) is 5.32 Å². The van der Waals surface area contributed by atoms with Gasteiger partial charge in [0.1, 0.15) is 5.75 Å². The zero-order valence-electron chi connectivity index (χ0n) is 13.6. The van der Waals surface area contributed by atoms with E-state index in [0.717, 1.165) is 24.0 Å². The fraction of sp³-hybridized carbons (Fsp3) is 0.588. The largest absolute Gasteiger partial charge is 0.481 e. The molecule has 0 radical (unpaired) electrons. The first-order valence-corrected chi connectivity index (χ1v) is 7.64. The molecule has 0 aliphatic carbocycles. The van der Waals surface area contributed by atoms with Crippen molar-refractivity contribution < 1.29 is 14.6 Å². The Morgan fingerprint density at radius 1 is 1.29 bits per heavy atom. The predicted molar refractivity (Wildman–Crippen MR) is 84.4 cm³/mol. The summed E-state index contributed by atoms with van der Waals surface area (Å²) >= 11 is 0. The first-order valence-electron chi connectivity index (χ1n) is 7.64. The minimum absolute atomic E-state index is 0.0947. The van der Waals surface area contributed by atoms with Crippen LogP contribution in [0, 0.1) is 6.92 Å². The van der Waals surface area contributed by atoms with Crippen molar-refractivity contribution in [3.63, 3.8) is 0 Å². The molecule has 21 heavy (non-hydrogen) atoms. The highest BCUT2D eigenvalue weighted by Crippen LogP contribution is 2.23. The summed E-state index contributed by atoms with van der Waals surface area (Å²) in [7, 11) is 0. The summed E-state index contributed by atoms with van der Waals surface area (Å²) in [6.07, 6.45) is 0.781. The van der Waals surface area contributed by atoms with E-state index in [4.69, 9.17) is 4.74 Å². The molecule has 1 amide bonds. The van der Waals surface area contributed by atoms with Gasteiger partial charge in [0.05, 0.1) is 6.10 Å². The summed E-state index contributed by atoms with van der Waals surface area (Å²) < 4.78 is 5.74. The Labute approximate surface area is 127 Å². The van der Waals surface area contributed by atoms with Crippen LogP contribution in [-0.2, 0) is 4.79 Å². The van der Waals surface area contributed by atoms with E-state index >= 15 is 0 Å². The van der Waals surface area contributed by atoms with Crippen LogP contribution in [0.25, 0.3) is 0 Å². The van der Waals surface area contributed by atoms with Crippen molar-refractivity contribution in [2.45, 2.75) is 65.7 Å². The van der Waals surface area contributed by atoms with Crippen LogP contribution in [0.5, 0.6) is 5.75 Å². The maximum atomic E-state index is 12.1. The number of aliphatic hydroxyl groups excluding tert-OH is 1. The molecule has 0 aliphatic rings. The number of hydrogen-bond donors (Lipinski definition) is 2. The molecule has 0 heterocycles. The van der Waals surface area contributed by atoms with Gasteiger partial charge in [-0.3, -0.25) is 4.79 Å². The molecule has 0 spiro atoms. The summed E-state index contributed by atoms with van der Waals surface area (Å²) in [6.45, 7) is 9.49. The molecule has 4 heteroatoms. The lowest BCUT2D eigenvalue weighted by Crippen LogP contribution is -2.42. The number of ether oxygens (including phenoxy) is 1. The Hall–Kier alpha value is -1.55. The van der Waals surface area contributed by atoms with Crippen LogP contribution in [0.15, 0.2) is 18.2 Å². The van der Waals surface area contributed by atoms with Crippen molar-refractivity contribution in [2.75, 3.05) is 0 Å². The van der Waals surface area contributed by atoms with E-state index < -0.39 is 12.2 Å². The van der Waals surface area contributed by atoms with Gasteiger partial charge >= 0.3 is 0 Å². The van der Waals surface area contributed by atoms with Gasteiger partial charge in [0, 0.05) is 6.04 Å². The van der Waals surface area contributed by atoms with E-state index in [-0.39, 0.29) is 11.9 Å². The second-order valence-corrected chi connectivity index (χ2v) is 5.48. The van der Waals surface area contributed by atoms with Gasteiger partial charge in [-0.1, -0.05) is 19.9 Å². The zero-order valence-corrected chi connectivity index (χ0v) is 13.6. The fourth-order valence-electron chi connectivity index (χ4n) is 2.12. The summed E-state index contributed by atoms with van der Waals surface area (Å²) in [6, 6.07) is 5.70. The quantitative estimate of drug-likeness (QED) is 0.812. The Morgan fingerprint density at radius 2 is 1.90 bits per heavy atom. The van der Waals surface area contributed by atoms with Crippen LogP contribution in [0.4, 0.5) is 0 Å². The third-order valence-electron chi connectivity index (χ3n) is 3.69. The van der Waals surface area contributed by atoms with Crippen molar-refractivity contribution in [1.29, 1.82) is 0 Å². The molecule has 2 N–H and O–H groups in total. The molecule has 0 fully saturated rings. The lowest BCUT2D eigenvalue weighted by Gasteiger charge is -2.20. The number of rotatable bonds is 7. The highest BCUT2D eigenvalue weighted by molar-refractivity contribution is 5.81. The average Bonchev–Trinajstić information content (AvgIpc) is 2.46. The SMILES string of the molecule is CCC(CC)NC(=O)C(C)Oc1ccc([C@H](C)O)cc1C. The van der Waals surface area contributed by atoms with Gasteiger partial charge in [0.25, 0.3) is 5.91 Å². The summed E-state index contributed by atoms with van der Waals surface area (Å²) in [5, 5.41) is 12.5. The third-order valence-corrected chi connectivity index (χ3v) is 3.69. The molecular formula is C17H27NO3. The highest BCUT2D eigenvalue weighted by atomic mass is 16.5. The molecule has 1 aromatic rings. The van der Waals surface area contributed by atoms with Crippen LogP contribution in [0.1, 0.15) is 57.8 Å². The predicted octanol–water partition coefficient (Wildman–Crippen LogP) is 3.12. The normalized spacial score (nSPS) is 13.9. The first-order chi connectivity index (χ1) is 9.88. The number of carbonyl (C=O) groups excluding carboxylic acids is 1. The molecule has 1 aromatic carbocycles. The molecule has 0 aliphatic heterocycles. The van der Waals surface area contributed by atoms with Crippen LogP contribution < -0.4 is 10.1 Å². The molecule has 0 aromatic heterocycles. The van der Waals surface area contributed by atoms with Gasteiger partial charge in [-0.2, -0.15) is 0 Å². The smallest absolute Gasteiger partial charge is 0.260 e. The number of aryl methyl sites for hydroxylation is 1. The van der Waals surface area contributed by atoms with Crippen molar-refractivity contribution in [2.24, 2.45) is 0 Å². The summed E-state index contributed by atoms with van der Waals surface area (Å²) in [5.74, 6) is 0.578. The monoisotopic (exact) mass is 293 g/mol. The van der Waals surface area contributed by atoms with Crippen LogP contribution in [-0.4, -0.2) is 23.2 Å². The Morgan fingerprint density at radius 3 is 2.38 bits per heavy atom. The van der Waals surface area contributed by atoms with Crippen molar-refractivity contribution >= 4 is 5.91 Å².